The Bertz CT molecular complexity index is 1520. The molecule has 0 aliphatic heterocycles. The Hall–Kier alpha value is -5.33. The fourth-order valence-corrected chi connectivity index (χ4v) is 4.06. The molecule has 7 N–H and O–H groups in total. The van der Waals surface area contributed by atoms with Gasteiger partial charge in [-0.15, -0.1) is 0 Å². The second-order valence-electron chi connectivity index (χ2n) is 10.4. The fraction of sp³-hybridized carbons (Fsp3) is 0.344. The number of benzene rings is 1. The van der Waals surface area contributed by atoms with Crippen molar-refractivity contribution >= 4 is 41.7 Å². The van der Waals surface area contributed by atoms with Gasteiger partial charge in [-0.3, -0.25) is 24.4 Å². The Kier molecular flexibility index (Phi) is 13.6. The van der Waals surface area contributed by atoms with Gasteiger partial charge in [-0.2, -0.15) is 4.99 Å². The third-order valence-electron chi connectivity index (χ3n) is 6.63. The number of nitrogens with zero attached hydrogens (tertiary/aromatic N) is 4. The van der Waals surface area contributed by atoms with Crippen LogP contribution in [0.2, 0.25) is 0 Å². The number of aryl methyl sites for hydroxylation is 1. The molecule has 1 saturated carbocycles. The van der Waals surface area contributed by atoms with Crippen LogP contribution < -0.4 is 26.8 Å². The first-order chi connectivity index (χ1) is 21.4. The molecule has 0 unspecified atom stereocenters. The Labute approximate surface area is 264 Å². The van der Waals surface area contributed by atoms with Crippen molar-refractivity contribution in [3.8, 4) is 17.0 Å². The van der Waals surface area contributed by atoms with Crippen molar-refractivity contribution in [3.63, 3.8) is 0 Å². The summed E-state index contributed by atoms with van der Waals surface area (Å²) in [7, 11) is 6.46. The minimum Gasteiger partial charge on any atom is -0.494 e. The van der Waals surface area contributed by atoms with Gasteiger partial charge in [0, 0.05) is 68.9 Å². The van der Waals surface area contributed by atoms with Crippen LogP contribution in [0.4, 0.5) is 5.69 Å². The average Bonchev–Trinajstić information content (AvgIpc) is 3.86. The maximum absolute atomic E-state index is 13.1. The van der Waals surface area contributed by atoms with Crippen molar-refractivity contribution in [2.24, 2.45) is 27.4 Å². The number of rotatable bonds is 12. The summed E-state index contributed by atoms with van der Waals surface area (Å²) < 4.78 is 5.79. The van der Waals surface area contributed by atoms with E-state index in [9.17, 15) is 9.59 Å². The van der Waals surface area contributed by atoms with Crippen LogP contribution in [0.1, 0.15) is 42.6 Å². The highest BCUT2D eigenvalue weighted by Crippen LogP contribution is 2.39. The van der Waals surface area contributed by atoms with E-state index in [0.717, 1.165) is 29.5 Å². The highest BCUT2D eigenvalue weighted by molar-refractivity contribution is 6.08. The number of carbonyl (C=O) groups excluding carboxylic acids is 3. The molecule has 1 fully saturated rings. The van der Waals surface area contributed by atoms with Crippen LogP contribution in [0.15, 0.2) is 63.5 Å². The van der Waals surface area contributed by atoms with Crippen molar-refractivity contribution < 1.29 is 19.1 Å². The van der Waals surface area contributed by atoms with Crippen LogP contribution in [-0.2, 0) is 9.59 Å². The molecule has 0 bridgehead atoms. The second-order valence-corrected chi connectivity index (χ2v) is 10.4. The SMILES string of the molecule is CN=C/C(CN(C)C(=O)c1ccc(-c2c(C)ccc(N/C(=C/C(N)=NC(=O)C3CC3)C(C)=N)c2OC)nc1)=C(/C)N.CNC=O. The highest BCUT2D eigenvalue weighted by atomic mass is 16.5. The van der Waals surface area contributed by atoms with E-state index in [1.54, 1.807) is 65.3 Å². The number of methoxy groups -OCH3 is 1. The molecular formula is C32H43N9O4. The van der Waals surface area contributed by atoms with Crippen molar-refractivity contribution in [2.75, 3.05) is 40.1 Å². The minimum absolute atomic E-state index is 0.0282. The largest absolute Gasteiger partial charge is 0.494 e. The second kappa shape index (κ2) is 17.1. The third-order valence-corrected chi connectivity index (χ3v) is 6.63. The lowest BCUT2D eigenvalue weighted by atomic mass is 10.0. The molecular weight excluding hydrogens is 574 g/mol. The van der Waals surface area contributed by atoms with Gasteiger partial charge in [0.05, 0.1) is 35.5 Å². The van der Waals surface area contributed by atoms with Crippen molar-refractivity contribution in [2.45, 2.75) is 33.6 Å². The molecule has 0 spiro atoms. The van der Waals surface area contributed by atoms with Crippen LogP contribution in [0.5, 0.6) is 5.75 Å². The molecule has 1 aliphatic carbocycles. The Morgan fingerprint density at radius 2 is 1.87 bits per heavy atom. The van der Waals surface area contributed by atoms with E-state index in [2.05, 4.69) is 25.6 Å². The number of aromatic nitrogens is 1. The first-order valence-electron chi connectivity index (χ1n) is 14.2. The Morgan fingerprint density at radius 3 is 2.36 bits per heavy atom. The third kappa shape index (κ3) is 10.4. The van der Waals surface area contributed by atoms with E-state index in [-0.39, 0.29) is 29.3 Å². The van der Waals surface area contributed by atoms with Crippen LogP contribution in [0.3, 0.4) is 0 Å². The molecule has 0 radical (unpaired) electrons. The monoisotopic (exact) mass is 617 g/mol. The molecule has 13 nitrogen and oxygen atoms in total. The molecule has 0 atom stereocenters. The lowest BCUT2D eigenvalue weighted by Crippen LogP contribution is -2.30. The zero-order valence-electron chi connectivity index (χ0n) is 26.9. The first kappa shape index (κ1) is 35.9. The molecule has 240 valence electrons. The lowest BCUT2D eigenvalue weighted by Gasteiger charge is -2.20. The number of amidine groups is 1. The normalized spacial score (nSPS) is 13.7. The summed E-state index contributed by atoms with van der Waals surface area (Å²) >= 11 is 0. The number of nitrogens with one attached hydrogen (secondary N) is 3. The lowest BCUT2D eigenvalue weighted by molar-refractivity contribution is -0.118. The Morgan fingerprint density at radius 1 is 1.20 bits per heavy atom. The molecule has 1 aromatic carbocycles. The number of hydrogen-bond acceptors (Lipinski definition) is 9. The van der Waals surface area contributed by atoms with E-state index < -0.39 is 0 Å². The number of carbonyl (C=O) groups is 3. The molecule has 13 heteroatoms. The van der Waals surface area contributed by atoms with Crippen LogP contribution >= 0.6 is 0 Å². The number of anilines is 1. The number of aliphatic imine (C=N–C) groups is 2. The maximum atomic E-state index is 13.1. The van der Waals surface area contributed by atoms with Crippen LogP contribution in [0, 0.1) is 18.3 Å². The predicted octanol–water partition coefficient (Wildman–Crippen LogP) is 3.06. The molecule has 3 rings (SSSR count). The topological polar surface area (TPSA) is 201 Å². The molecule has 1 aromatic heterocycles. The number of hydrogen-bond donors (Lipinski definition) is 5. The standard InChI is InChI=1S/C30H38N8O3.C2H5NO/c1-17-7-11-24(36-25(19(3)32)13-26(33)37-29(39)20-8-9-20)28(41-6)27(17)23-12-10-21(15-35-23)30(40)38(5)16-22(14-34-4)18(2)31;1-3-2-4/h7,10-15,20,32,36H,8-9,16,31H2,1-6H3,(H2,33,37,39);2H,1H3,(H,3,4)/b22-18+,25-13+,32-19?,34-14?;. The summed E-state index contributed by atoms with van der Waals surface area (Å²) in [6, 6.07) is 7.21. The van der Waals surface area contributed by atoms with Crippen molar-refractivity contribution in [1.82, 2.24) is 15.2 Å². The molecule has 0 saturated heterocycles. The summed E-state index contributed by atoms with van der Waals surface area (Å²) in [5.41, 5.74) is 17.1. The van der Waals surface area contributed by atoms with Gasteiger partial charge in [0.1, 0.15) is 5.84 Å². The number of likely N-dealkylation sites (N-methyl/N-ethyl adjacent to an activating group) is 1. The van der Waals surface area contributed by atoms with Gasteiger partial charge >= 0.3 is 0 Å². The first-order valence-corrected chi connectivity index (χ1v) is 14.2. The summed E-state index contributed by atoms with van der Waals surface area (Å²) in [6.45, 7) is 5.62. The zero-order chi connectivity index (χ0) is 33.7. The highest BCUT2D eigenvalue weighted by Gasteiger charge is 2.29. The van der Waals surface area contributed by atoms with Gasteiger partial charge in [0.25, 0.3) is 11.8 Å². The summed E-state index contributed by atoms with van der Waals surface area (Å²) in [4.78, 5) is 48.2. The Balaban J connectivity index is 0.00000166. The van der Waals surface area contributed by atoms with Gasteiger partial charge in [-0.05, 0) is 57.4 Å². The number of allylic oxidation sites excluding steroid dienone is 2. The molecule has 2 aromatic rings. The summed E-state index contributed by atoms with van der Waals surface area (Å²) in [5.74, 6) is 0.0324. The van der Waals surface area contributed by atoms with Gasteiger partial charge < -0.3 is 37.1 Å². The van der Waals surface area contributed by atoms with Gasteiger partial charge in [0.2, 0.25) is 6.41 Å². The van der Waals surface area contributed by atoms with Crippen LogP contribution in [-0.4, -0.2) is 80.7 Å². The van der Waals surface area contributed by atoms with Gasteiger partial charge in [0.15, 0.2) is 5.75 Å². The average molecular weight is 618 g/mol. The number of pyridine rings is 1. The predicted molar refractivity (Wildman–Crippen MR) is 179 cm³/mol. The zero-order valence-corrected chi connectivity index (χ0v) is 26.9. The number of nitrogens with two attached hydrogens (primary N) is 2. The van der Waals surface area contributed by atoms with Crippen molar-refractivity contribution in [1.29, 1.82) is 5.41 Å². The quantitative estimate of drug-likeness (QED) is 0.136. The van der Waals surface area contributed by atoms with E-state index in [0.29, 0.717) is 47.0 Å². The van der Waals surface area contributed by atoms with Gasteiger partial charge in [-0.1, -0.05) is 6.07 Å². The van der Waals surface area contributed by atoms with Crippen LogP contribution in [0.25, 0.3) is 11.3 Å². The molecule has 1 heterocycles. The van der Waals surface area contributed by atoms with Crippen molar-refractivity contribution in [3.05, 3.63) is 64.6 Å². The van der Waals surface area contributed by atoms with E-state index in [1.165, 1.54) is 12.3 Å². The number of amides is 3. The minimum atomic E-state index is -0.240. The van der Waals surface area contributed by atoms with Gasteiger partial charge in [-0.25, -0.2) is 0 Å². The van der Waals surface area contributed by atoms with E-state index >= 15 is 0 Å². The molecule has 45 heavy (non-hydrogen) atoms. The maximum Gasteiger partial charge on any atom is 0.255 e. The van der Waals surface area contributed by atoms with E-state index in [4.69, 9.17) is 26.4 Å². The summed E-state index contributed by atoms with van der Waals surface area (Å²) in [6.07, 6.45) is 6.93. The van der Waals surface area contributed by atoms with E-state index in [1.807, 2.05) is 19.1 Å². The summed E-state index contributed by atoms with van der Waals surface area (Å²) in [5, 5.41) is 13.7. The fourth-order valence-electron chi connectivity index (χ4n) is 4.06. The molecule has 3 amide bonds. The molecule has 1 aliphatic rings. The smallest absolute Gasteiger partial charge is 0.255 e. The number of ether oxygens (including phenoxy) is 1.